The van der Waals surface area contributed by atoms with E-state index in [9.17, 15) is 4.79 Å². The monoisotopic (exact) mass is 459 g/mol. The molecule has 0 aliphatic carbocycles. The predicted octanol–water partition coefficient (Wildman–Crippen LogP) is 4.08. The number of H-pyrrole nitrogens is 1. The van der Waals surface area contributed by atoms with Crippen molar-refractivity contribution in [1.82, 2.24) is 34.7 Å². The van der Waals surface area contributed by atoms with E-state index in [1.54, 1.807) is 0 Å². The number of para-hydroxylation sites is 2. The summed E-state index contributed by atoms with van der Waals surface area (Å²) in [5.41, 5.74) is 3.00. The van der Waals surface area contributed by atoms with Crippen LogP contribution >= 0.6 is 0 Å². The molecule has 0 spiro atoms. The van der Waals surface area contributed by atoms with E-state index in [0.29, 0.717) is 0 Å². The molecule has 2 aromatic carbocycles. The highest BCUT2D eigenvalue weighted by Gasteiger charge is 2.33. The van der Waals surface area contributed by atoms with Crippen LogP contribution in [0.15, 0.2) is 59.4 Å². The summed E-state index contributed by atoms with van der Waals surface area (Å²) in [5.74, 6) is 0.922. The fraction of sp³-hybridized carbons (Fsp3) is 0.462. The van der Waals surface area contributed by atoms with Crippen molar-refractivity contribution in [2.24, 2.45) is 0 Å². The molecule has 4 aromatic rings. The van der Waals surface area contributed by atoms with Crippen molar-refractivity contribution in [2.45, 2.75) is 64.1 Å². The summed E-state index contributed by atoms with van der Waals surface area (Å²) in [7, 11) is 0. The SMILES string of the molecule is CC(C)(C)n1nnnc1C(CCc1ccccc1)N1CCC(n2c(=O)[nH]c3ccccc32)CC1. The van der Waals surface area contributed by atoms with E-state index in [0.717, 1.165) is 55.6 Å². The Morgan fingerprint density at radius 2 is 1.74 bits per heavy atom. The molecular formula is C26H33N7O. The van der Waals surface area contributed by atoms with E-state index >= 15 is 0 Å². The summed E-state index contributed by atoms with van der Waals surface area (Å²) in [5, 5.41) is 12.9. The third kappa shape index (κ3) is 4.42. The van der Waals surface area contributed by atoms with Crippen molar-refractivity contribution in [3.8, 4) is 0 Å². The molecule has 34 heavy (non-hydrogen) atoms. The van der Waals surface area contributed by atoms with Crippen LogP contribution in [0.1, 0.15) is 63.5 Å². The van der Waals surface area contributed by atoms with Crippen molar-refractivity contribution in [2.75, 3.05) is 13.1 Å². The number of nitrogens with zero attached hydrogens (tertiary/aromatic N) is 6. The number of benzene rings is 2. The van der Waals surface area contributed by atoms with Crippen molar-refractivity contribution >= 4 is 11.0 Å². The zero-order valence-electron chi connectivity index (χ0n) is 20.2. The molecule has 1 unspecified atom stereocenters. The lowest BCUT2D eigenvalue weighted by Crippen LogP contribution is -2.41. The number of imidazole rings is 1. The second-order valence-electron chi connectivity index (χ2n) is 10.2. The summed E-state index contributed by atoms with van der Waals surface area (Å²) >= 11 is 0. The standard InChI is InChI=1S/C26H33N7O/c1-26(2,3)33-24(28-29-30-33)23(14-13-19-9-5-4-6-10-19)31-17-15-20(16-18-31)32-22-12-8-7-11-21(22)27-25(32)34/h4-12,20,23H,13-18H2,1-3H3,(H,27,34). The second kappa shape index (κ2) is 9.18. The Morgan fingerprint density at radius 3 is 2.47 bits per heavy atom. The summed E-state index contributed by atoms with van der Waals surface area (Å²) < 4.78 is 3.92. The average molecular weight is 460 g/mol. The first-order valence-corrected chi connectivity index (χ1v) is 12.2. The Hall–Kier alpha value is -3.26. The van der Waals surface area contributed by atoms with Gasteiger partial charge in [-0.2, -0.15) is 0 Å². The minimum absolute atomic E-state index is 0.0167. The van der Waals surface area contributed by atoms with Crippen LogP contribution in [-0.4, -0.2) is 47.7 Å². The topological polar surface area (TPSA) is 84.6 Å². The molecule has 0 amide bonds. The van der Waals surface area contributed by atoms with Gasteiger partial charge < -0.3 is 4.98 Å². The van der Waals surface area contributed by atoms with E-state index in [2.05, 4.69) is 76.5 Å². The van der Waals surface area contributed by atoms with Gasteiger partial charge in [-0.3, -0.25) is 9.47 Å². The van der Waals surface area contributed by atoms with Gasteiger partial charge in [-0.25, -0.2) is 9.48 Å². The second-order valence-corrected chi connectivity index (χ2v) is 10.2. The first kappa shape index (κ1) is 22.5. The van der Waals surface area contributed by atoms with Gasteiger partial charge in [0.15, 0.2) is 5.82 Å². The molecule has 0 bridgehead atoms. The third-order valence-corrected chi connectivity index (χ3v) is 6.91. The van der Waals surface area contributed by atoms with E-state index in [4.69, 9.17) is 0 Å². The van der Waals surface area contributed by atoms with Crippen LogP contribution < -0.4 is 5.69 Å². The Bertz CT molecular complexity index is 1290. The molecule has 1 saturated heterocycles. The van der Waals surface area contributed by atoms with E-state index in [1.807, 2.05) is 33.5 Å². The van der Waals surface area contributed by atoms with Crippen LogP contribution in [0.2, 0.25) is 0 Å². The maximum atomic E-state index is 12.7. The fourth-order valence-corrected chi connectivity index (χ4v) is 5.20. The highest BCUT2D eigenvalue weighted by molar-refractivity contribution is 5.75. The molecule has 1 fully saturated rings. The zero-order chi connectivity index (χ0) is 23.7. The number of aryl methyl sites for hydroxylation is 1. The van der Waals surface area contributed by atoms with Crippen LogP contribution in [0.25, 0.3) is 11.0 Å². The van der Waals surface area contributed by atoms with Gasteiger partial charge in [0.25, 0.3) is 0 Å². The molecule has 0 saturated carbocycles. The Labute approximate surface area is 199 Å². The van der Waals surface area contributed by atoms with Crippen LogP contribution in [0, 0.1) is 0 Å². The van der Waals surface area contributed by atoms with Gasteiger partial charge in [-0.05, 0) is 74.6 Å². The minimum Gasteiger partial charge on any atom is -0.306 e. The quantitative estimate of drug-likeness (QED) is 0.470. The number of hydrogen-bond donors (Lipinski definition) is 1. The molecule has 1 aliphatic heterocycles. The molecule has 1 atom stereocenters. The fourth-order valence-electron chi connectivity index (χ4n) is 5.20. The largest absolute Gasteiger partial charge is 0.326 e. The summed E-state index contributed by atoms with van der Waals surface area (Å²) in [6, 6.07) is 18.9. The van der Waals surface area contributed by atoms with Crippen molar-refractivity contribution in [3.63, 3.8) is 0 Å². The molecule has 5 rings (SSSR count). The number of nitrogens with one attached hydrogen (secondary N) is 1. The predicted molar refractivity (Wildman–Crippen MR) is 133 cm³/mol. The smallest absolute Gasteiger partial charge is 0.306 e. The van der Waals surface area contributed by atoms with Gasteiger partial charge in [0.2, 0.25) is 0 Å². The van der Waals surface area contributed by atoms with Gasteiger partial charge in [-0.15, -0.1) is 5.10 Å². The number of aromatic amines is 1. The number of likely N-dealkylation sites (tertiary alicyclic amines) is 1. The number of fused-ring (bicyclic) bond motifs is 1. The van der Waals surface area contributed by atoms with Crippen LogP contribution in [0.5, 0.6) is 0 Å². The normalized spacial score (nSPS) is 16.8. The number of rotatable bonds is 6. The Kier molecular flexibility index (Phi) is 6.08. The van der Waals surface area contributed by atoms with E-state index < -0.39 is 0 Å². The number of piperidine rings is 1. The molecular weight excluding hydrogens is 426 g/mol. The molecule has 8 heteroatoms. The van der Waals surface area contributed by atoms with Crippen molar-refractivity contribution < 1.29 is 0 Å². The maximum Gasteiger partial charge on any atom is 0.326 e. The summed E-state index contributed by atoms with van der Waals surface area (Å²) in [6.07, 6.45) is 3.74. The molecule has 2 aromatic heterocycles. The lowest BCUT2D eigenvalue weighted by Gasteiger charge is -2.38. The first-order valence-electron chi connectivity index (χ1n) is 12.2. The Balaban J connectivity index is 1.38. The minimum atomic E-state index is -0.195. The zero-order valence-corrected chi connectivity index (χ0v) is 20.2. The molecule has 178 valence electrons. The van der Waals surface area contributed by atoms with Crippen LogP contribution in [0.4, 0.5) is 0 Å². The number of aromatic nitrogens is 6. The summed E-state index contributed by atoms with van der Waals surface area (Å²) in [4.78, 5) is 18.2. The Morgan fingerprint density at radius 1 is 1.03 bits per heavy atom. The molecule has 0 radical (unpaired) electrons. The van der Waals surface area contributed by atoms with Gasteiger partial charge in [-0.1, -0.05) is 42.5 Å². The lowest BCUT2D eigenvalue weighted by atomic mass is 9.97. The lowest BCUT2D eigenvalue weighted by molar-refractivity contribution is 0.116. The van der Waals surface area contributed by atoms with E-state index in [1.165, 1.54) is 5.56 Å². The van der Waals surface area contributed by atoms with Crippen molar-refractivity contribution in [3.05, 3.63) is 76.5 Å². The highest BCUT2D eigenvalue weighted by atomic mass is 16.1. The van der Waals surface area contributed by atoms with Crippen molar-refractivity contribution in [1.29, 1.82) is 0 Å². The highest BCUT2D eigenvalue weighted by Crippen LogP contribution is 2.33. The van der Waals surface area contributed by atoms with Crippen LogP contribution in [0.3, 0.4) is 0 Å². The maximum absolute atomic E-state index is 12.7. The molecule has 1 N–H and O–H groups in total. The molecule has 3 heterocycles. The van der Waals surface area contributed by atoms with Gasteiger partial charge in [0.1, 0.15) is 0 Å². The molecule has 8 nitrogen and oxygen atoms in total. The number of hydrogen-bond acceptors (Lipinski definition) is 5. The number of tetrazole rings is 1. The average Bonchev–Trinajstić information content (AvgIpc) is 3.45. The molecule has 1 aliphatic rings. The third-order valence-electron chi connectivity index (χ3n) is 6.91. The first-order chi connectivity index (χ1) is 16.4. The summed E-state index contributed by atoms with van der Waals surface area (Å²) in [6.45, 7) is 8.20. The van der Waals surface area contributed by atoms with Gasteiger partial charge in [0.05, 0.1) is 22.6 Å². The van der Waals surface area contributed by atoms with Crippen LogP contribution in [-0.2, 0) is 12.0 Å². The van der Waals surface area contributed by atoms with Gasteiger partial charge in [0, 0.05) is 19.1 Å². The van der Waals surface area contributed by atoms with E-state index in [-0.39, 0.29) is 23.3 Å². The van der Waals surface area contributed by atoms with Gasteiger partial charge >= 0.3 is 5.69 Å².